The highest BCUT2D eigenvalue weighted by molar-refractivity contribution is 5.74. The van der Waals surface area contributed by atoms with Gasteiger partial charge in [-0.3, -0.25) is 9.78 Å². The number of para-hydroxylation sites is 2. The van der Waals surface area contributed by atoms with Crippen molar-refractivity contribution in [1.82, 2.24) is 19.5 Å². The third kappa shape index (κ3) is 3.61. The van der Waals surface area contributed by atoms with Gasteiger partial charge in [0.15, 0.2) is 17.1 Å². The molecule has 0 saturated carbocycles. The van der Waals surface area contributed by atoms with Crippen LogP contribution in [0.4, 0.5) is 11.6 Å². The normalized spacial score (nSPS) is 15.0. The summed E-state index contributed by atoms with van der Waals surface area (Å²) in [7, 11) is 1.67. The molecule has 0 aliphatic carbocycles. The quantitative estimate of drug-likeness (QED) is 0.470. The first-order chi connectivity index (χ1) is 17.1. The lowest BCUT2D eigenvalue weighted by Gasteiger charge is -2.36. The van der Waals surface area contributed by atoms with E-state index < -0.39 is 11.2 Å². The third-order valence-corrected chi connectivity index (χ3v) is 6.24. The van der Waals surface area contributed by atoms with Crippen molar-refractivity contribution in [2.45, 2.75) is 0 Å². The molecule has 1 N–H and O–H groups in total. The molecule has 2 aliphatic heterocycles. The highest BCUT2D eigenvalue weighted by atomic mass is 16.7. The predicted molar refractivity (Wildman–Crippen MR) is 129 cm³/mol. The minimum atomic E-state index is -0.591. The SMILES string of the molecule is COc1ccccc1N1CCN(c2ncc3c(=O)n(-c4ccc5c(c4)OCO5)c(=O)[nH]c3n2)CC1. The van der Waals surface area contributed by atoms with Crippen molar-refractivity contribution in [1.29, 1.82) is 0 Å². The standard InChI is InChI=1S/C24H22N6O5/c1-33-18-5-3-2-4-17(18)28-8-10-29(11-9-28)23-25-13-16-21(26-23)27-24(32)30(22(16)31)15-6-7-19-20(12-15)35-14-34-19/h2-7,12-13H,8-11,14H2,1H3,(H,25,26,27,32). The van der Waals surface area contributed by atoms with Gasteiger partial charge in [-0.1, -0.05) is 12.1 Å². The van der Waals surface area contributed by atoms with Crippen molar-refractivity contribution >= 4 is 22.7 Å². The van der Waals surface area contributed by atoms with Gasteiger partial charge in [0.25, 0.3) is 5.56 Å². The maximum absolute atomic E-state index is 13.2. The Kier molecular flexibility index (Phi) is 5.02. The van der Waals surface area contributed by atoms with Crippen LogP contribution in [0, 0.1) is 0 Å². The summed E-state index contributed by atoms with van der Waals surface area (Å²) < 4.78 is 17.2. The molecule has 35 heavy (non-hydrogen) atoms. The number of anilines is 2. The fourth-order valence-corrected chi connectivity index (χ4v) is 4.44. The number of piperazine rings is 1. The average molecular weight is 474 g/mol. The number of benzene rings is 2. The number of fused-ring (bicyclic) bond motifs is 2. The fraction of sp³-hybridized carbons (Fsp3) is 0.250. The number of nitrogens with one attached hydrogen (secondary N) is 1. The van der Waals surface area contributed by atoms with Crippen LogP contribution < -0.4 is 35.3 Å². The lowest BCUT2D eigenvalue weighted by atomic mass is 10.2. The van der Waals surface area contributed by atoms with Crippen molar-refractivity contribution in [3.63, 3.8) is 0 Å². The molecule has 0 atom stereocenters. The van der Waals surface area contributed by atoms with Crippen LogP contribution >= 0.6 is 0 Å². The number of rotatable bonds is 4. The number of nitrogens with zero attached hydrogens (tertiary/aromatic N) is 5. The minimum Gasteiger partial charge on any atom is -0.495 e. The first-order valence-corrected chi connectivity index (χ1v) is 11.2. The monoisotopic (exact) mass is 474 g/mol. The van der Waals surface area contributed by atoms with Crippen LogP contribution in [0.3, 0.4) is 0 Å². The van der Waals surface area contributed by atoms with Crippen molar-refractivity contribution in [3.8, 4) is 22.9 Å². The Morgan fingerprint density at radius 2 is 1.74 bits per heavy atom. The van der Waals surface area contributed by atoms with E-state index in [1.54, 1.807) is 25.3 Å². The molecule has 2 aliphatic rings. The summed E-state index contributed by atoms with van der Waals surface area (Å²) in [5, 5.41) is 0.221. The molecular formula is C24H22N6O5. The molecule has 2 aromatic carbocycles. The van der Waals surface area contributed by atoms with Crippen LogP contribution in [-0.2, 0) is 0 Å². The lowest BCUT2D eigenvalue weighted by Crippen LogP contribution is -2.47. The topological polar surface area (TPSA) is 115 Å². The summed E-state index contributed by atoms with van der Waals surface area (Å²) in [4.78, 5) is 42.0. The largest absolute Gasteiger partial charge is 0.495 e. The van der Waals surface area contributed by atoms with E-state index in [2.05, 4.69) is 19.9 Å². The van der Waals surface area contributed by atoms with Crippen LogP contribution in [0.15, 0.2) is 58.3 Å². The summed E-state index contributed by atoms with van der Waals surface area (Å²) in [5.74, 6) is 2.35. The van der Waals surface area contributed by atoms with E-state index in [-0.39, 0.29) is 17.8 Å². The van der Waals surface area contributed by atoms with Gasteiger partial charge in [-0.25, -0.2) is 14.3 Å². The van der Waals surface area contributed by atoms with Crippen LogP contribution in [0.2, 0.25) is 0 Å². The maximum Gasteiger partial charge on any atom is 0.334 e. The van der Waals surface area contributed by atoms with Gasteiger partial charge in [0.05, 0.1) is 18.5 Å². The first-order valence-electron chi connectivity index (χ1n) is 11.2. The minimum absolute atomic E-state index is 0.103. The van der Waals surface area contributed by atoms with Crippen LogP contribution in [0.1, 0.15) is 0 Å². The Labute approximate surface area is 199 Å². The highest BCUT2D eigenvalue weighted by Crippen LogP contribution is 2.33. The molecule has 178 valence electrons. The zero-order valence-electron chi connectivity index (χ0n) is 18.9. The molecule has 0 amide bonds. The average Bonchev–Trinajstić information content (AvgIpc) is 3.36. The van der Waals surface area contributed by atoms with E-state index >= 15 is 0 Å². The van der Waals surface area contributed by atoms with E-state index in [0.29, 0.717) is 36.2 Å². The van der Waals surface area contributed by atoms with E-state index in [9.17, 15) is 9.59 Å². The molecule has 11 nitrogen and oxygen atoms in total. The summed E-state index contributed by atoms with van der Waals surface area (Å²) in [5.41, 5.74) is 0.526. The van der Waals surface area contributed by atoms with Crippen LogP contribution in [0.5, 0.6) is 17.2 Å². The number of H-pyrrole nitrogens is 1. The third-order valence-electron chi connectivity index (χ3n) is 6.24. The van der Waals surface area contributed by atoms with Gasteiger partial charge < -0.3 is 24.0 Å². The molecule has 0 radical (unpaired) electrons. The van der Waals surface area contributed by atoms with Gasteiger partial charge in [-0.2, -0.15) is 4.98 Å². The smallest absolute Gasteiger partial charge is 0.334 e. The van der Waals surface area contributed by atoms with Gasteiger partial charge in [0, 0.05) is 38.4 Å². The lowest BCUT2D eigenvalue weighted by molar-refractivity contribution is 0.174. The van der Waals surface area contributed by atoms with Gasteiger partial charge in [-0.15, -0.1) is 0 Å². The van der Waals surface area contributed by atoms with Gasteiger partial charge in [0.2, 0.25) is 12.7 Å². The second-order valence-electron chi connectivity index (χ2n) is 8.19. The molecular weight excluding hydrogens is 452 g/mol. The summed E-state index contributed by atoms with van der Waals surface area (Å²) in [6.07, 6.45) is 1.46. The summed E-state index contributed by atoms with van der Waals surface area (Å²) >= 11 is 0. The Morgan fingerprint density at radius 3 is 2.57 bits per heavy atom. The van der Waals surface area contributed by atoms with Gasteiger partial charge in [-0.05, 0) is 24.3 Å². The Balaban J connectivity index is 1.28. The highest BCUT2D eigenvalue weighted by Gasteiger charge is 2.22. The molecule has 1 saturated heterocycles. The maximum atomic E-state index is 13.2. The van der Waals surface area contributed by atoms with E-state index in [4.69, 9.17) is 14.2 Å². The molecule has 11 heteroatoms. The molecule has 4 heterocycles. The number of aromatic nitrogens is 4. The van der Waals surface area contributed by atoms with Crippen molar-refractivity contribution in [3.05, 3.63) is 69.5 Å². The second-order valence-corrected chi connectivity index (χ2v) is 8.19. The van der Waals surface area contributed by atoms with Crippen molar-refractivity contribution < 1.29 is 14.2 Å². The first kappa shape index (κ1) is 21.0. The number of aromatic amines is 1. The van der Waals surface area contributed by atoms with Gasteiger partial charge in [0.1, 0.15) is 11.1 Å². The summed E-state index contributed by atoms with van der Waals surface area (Å²) in [6, 6.07) is 12.8. The number of ether oxygens (including phenoxy) is 3. The zero-order chi connectivity index (χ0) is 23.9. The Hall–Kier alpha value is -4.54. The van der Waals surface area contributed by atoms with Crippen LogP contribution in [-0.4, -0.2) is 59.6 Å². The molecule has 0 bridgehead atoms. The predicted octanol–water partition coefficient (Wildman–Crippen LogP) is 1.53. The molecule has 4 aromatic rings. The van der Waals surface area contributed by atoms with E-state index in [1.165, 1.54) is 6.20 Å². The number of methoxy groups -OCH3 is 1. The van der Waals surface area contributed by atoms with E-state index in [1.807, 2.05) is 29.2 Å². The molecule has 0 spiro atoms. The van der Waals surface area contributed by atoms with Gasteiger partial charge >= 0.3 is 5.69 Å². The molecule has 2 aromatic heterocycles. The second kappa shape index (κ2) is 8.35. The van der Waals surface area contributed by atoms with E-state index in [0.717, 1.165) is 29.1 Å². The Morgan fingerprint density at radius 1 is 0.971 bits per heavy atom. The molecule has 0 unspecified atom stereocenters. The fourth-order valence-electron chi connectivity index (χ4n) is 4.44. The molecule has 1 fully saturated rings. The summed E-state index contributed by atoms with van der Waals surface area (Å²) in [6.45, 7) is 2.98. The Bertz CT molecular complexity index is 1540. The molecule has 6 rings (SSSR count). The van der Waals surface area contributed by atoms with Crippen molar-refractivity contribution in [2.75, 3.05) is 49.9 Å². The van der Waals surface area contributed by atoms with Crippen LogP contribution in [0.25, 0.3) is 16.7 Å². The zero-order valence-corrected chi connectivity index (χ0v) is 18.9. The number of hydrogen-bond acceptors (Lipinski definition) is 9. The number of hydrogen-bond donors (Lipinski definition) is 1. The van der Waals surface area contributed by atoms with Crippen molar-refractivity contribution in [2.24, 2.45) is 0 Å².